The highest BCUT2D eigenvalue weighted by Crippen LogP contribution is 2.18. The number of rotatable bonds is 4. The van der Waals surface area contributed by atoms with Crippen LogP contribution in [0.4, 0.5) is 5.69 Å². The van der Waals surface area contributed by atoms with E-state index in [-0.39, 0.29) is 18.4 Å². The highest BCUT2D eigenvalue weighted by molar-refractivity contribution is 6.01. The summed E-state index contributed by atoms with van der Waals surface area (Å²) in [6.45, 7) is 5.43. The Hall–Kier alpha value is -3.42. The van der Waals surface area contributed by atoms with E-state index >= 15 is 0 Å². The fourth-order valence-electron chi connectivity index (χ4n) is 3.44. The number of hydrogen-bond acceptors (Lipinski definition) is 4. The van der Waals surface area contributed by atoms with E-state index in [1.807, 2.05) is 54.9 Å². The molecule has 2 aromatic heterocycles. The van der Waals surface area contributed by atoms with Crippen molar-refractivity contribution in [3.8, 4) is 0 Å². The lowest BCUT2D eigenvalue weighted by atomic mass is 10.2. The Labute approximate surface area is 162 Å². The predicted octanol–water partition coefficient (Wildman–Crippen LogP) is 1.76. The molecule has 3 aromatic rings. The van der Waals surface area contributed by atoms with Gasteiger partial charge in [-0.2, -0.15) is 10.2 Å². The molecule has 8 nitrogen and oxygen atoms in total. The smallest absolute Gasteiger partial charge is 0.274 e. The zero-order valence-electron chi connectivity index (χ0n) is 15.9. The molecular weight excluding hydrogens is 356 g/mol. The molecule has 1 fully saturated rings. The molecule has 0 bridgehead atoms. The van der Waals surface area contributed by atoms with E-state index in [9.17, 15) is 9.59 Å². The molecule has 1 aromatic carbocycles. The number of benzene rings is 1. The molecule has 0 unspecified atom stereocenters. The third-order valence-electron chi connectivity index (χ3n) is 4.85. The maximum atomic E-state index is 12.8. The van der Waals surface area contributed by atoms with Crippen molar-refractivity contribution in [3.63, 3.8) is 0 Å². The summed E-state index contributed by atoms with van der Waals surface area (Å²) in [5.74, 6) is -0.332. The van der Waals surface area contributed by atoms with Crippen LogP contribution in [0.5, 0.6) is 0 Å². The lowest BCUT2D eigenvalue weighted by Gasteiger charge is -2.34. The van der Waals surface area contributed by atoms with Crippen molar-refractivity contribution in [2.24, 2.45) is 0 Å². The van der Waals surface area contributed by atoms with E-state index in [0.29, 0.717) is 25.3 Å². The van der Waals surface area contributed by atoms with Gasteiger partial charge in [-0.05, 0) is 38.1 Å². The number of anilines is 1. The fourth-order valence-corrected chi connectivity index (χ4v) is 3.44. The van der Waals surface area contributed by atoms with Gasteiger partial charge in [-0.1, -0.05) is 18.2 Å². The third-order valence-corrected chi connectivity index (χ3v) is 4.85. The molecule has 8 heteroatoms. The lowest BCUT2D eigenvalue weighted by molar-refractivity contribution is -0.120. The number of carbonyl (C=O) groups excluding carboxylic acids is 2. The third kappa shape index (κ3) is 3.53. The Morgan fingerprint density at radius 2 is 1.93 bits per heavy atom. The van der Waals surface area contributed by atoms with Crippen molar-refractivity contribution < 1.29 is 9.59 Å². The summed E-state index contributed by atoms with van der Waals surface area (Å²) in [5, 5.41) is 11.5. The number of H-pyrrole nitrogens is 1. The molecule has 144 valence electrons. The number of para-hydroxylation sites is 1. The molecule has 0 radical (unpaired) electrons. The van der Waals surface area contributed by atoms with Gasteiger partial charge in [0.1, 0.15) is 12.2 Å². The SMILES string of the molecule is Cc1cc(C)n(Cc2cc(C(=O)N3CCN(c4ccccc4)C(=O)C3)n[nH]2)n1. The molecule has 1 saturated heterocycles. The van der Waals surface area contributed by atoms with Crippen molar-refractivity contribution >= 4 is 17.5 Å². The number of carbonyl (C=O) groups is 2. The van der Waals surface area contributed by atoms with Crippen molar-refractivity contribution in [3.05, 3.63) is 65.2 Å². The Kier molecular flexibility index (Phi) is 4.68. The number of aryl methyl sites for hydroxylation is 2. The molecule has 3 heterocycles. The van der Waals surface area contributed by atoms with Gasteiger partial charge < -0.3 is 9.80 Å². The summed E-state index contributed by atoms with van der Waals surface area (Å²) in [6, 6.07) is 13.2. The van der Waals surface area contributed by atoms with Gasteiger partial charge in [0, 0.05) is 24.5 Å². The van der Waals surface area contributed by atoms with E-state index in [1.54, 1.807) is 15.9 Å². The minimum Gasteiger partial charge on any atom is -0.326 e. The summed E-state index contributed by atoms with van der Waals surface area (Å²) in [7, 11) is 0. The predicted molar refractivity (Wildman–Crippen MR) is 104 cm³/mol. The molecule has 0 aliphatic carbocycles. The first-order valence-electron chi connectivity index (χ1n) is 9.21. The van der Waals surface area contributed by atoms with Crippen LogP contribution in [0.2, 0.25) is 0 Å². The van der Waals surface area contributed by atoms with Crippen molar-refractivity contribution in [1.29, 1.82) is 0 Å². The topological polar surface area (TPSA) is 87.1 Å². The average Bonchev–Trinajstić information content (AvgIpc) is 3.28. The molecule has 1 N–H and O–H groups in total. The van der Waals surface area contributed by atoms with Crippen LogP contribution in [0, 0.1) is 13.8 Å². The summed E-state index contributed by atoms with van der Waals surface area (Å²) >= 11 is 0. The Balaban J connectivity index is 1.42. The van der Waals surface area contributed by atoms with Crippen LogP contribution in [0.15, 0.2) is 42.5 Å². The molecule has 0 spiro atoms. The minimum atomic E-state index is -0.239. The first-order chi connectivity index (χ1) is 13.5. The van der Waals surface area contributed by atoms with Gasteiger partial charge >= 0.3 is 0 Å². The van der Waals surface area contributed by atoms with Crippen molar-refractivity contribution in [1.82, 2.24) is 24.9 Å². The Morgan fingerprint density at radius 3 is 2.61 bits per heavy atom. The van der Waals surface area contributed by atoms with Crippen LogP contribution in [-0.4, -0.2) is 56.3 Å². The van der Waals surface area contributed by atoms with Gasteiger partial charge in [-0.15, -0.1) is 0 Å². The number of aromatic amines is 1. The van der Waals surface area contributed by atoms with Crippen LogP contribution in [0.1, 0.15) is 27.6 Å². The van der Waals surface area contributed by atoms with Crippen LogP contribution < -0.4 is 4.90 Å². The molecule has 28 heavy (non-hydrogen) atoms. The van der Waals surface area contributed by atoms with E-state index < -0.39 is 0 Å². The van der Waals surface area contributed by atoms with Crippen molar-refractivity contribution in [2.45, 2.75) is 20.4 Å². The molecular formula is C20H22N6O2. The number of amides is 2. The van der Waals surface area contributed by atoms with Gasteiger partial charge in [0.25, 0.3) is 5.91 Å². The standard InChI is InChI=1S/C20H22N6O2/c1-14-10-15(2)26(23-14)12-16-11-18(22-21-16)20(28)24-8-9-25(19(27)13-24)17-6-4-3-5-7-17/h3-7,10-11H,8-9,12-13H2,1-2H3,(H,21,22). The summed E-state index contributed by atoms with van der Waals surface area (Å²) in [4.78, 5) is 28.6. The van der Waals surface area contributed by atoms with E-state index in [0.717, 1.165) is 22.8 Å². The second kappa shape index (κ2) is 7.30. The van der Waals surface area contributed by atoms with Gasteiger partial charge in [0.15, 0.2) is 0 Å². The summed E-state index contributed by atoms with van der Waals surface area (Å²) in [5.41, 5.74) is 3.96. The largest absolute Gasteiger partial charge is 0.326 e. The quantitative estimate of drug-likeness (QED) is 0.749. The van der Waals surface area contributed by atoms with Crippen LogP contribution in [0.3, 0.4) is 0 Å². The van der Waals surface area contributed by atoms with Crippen LogP contribution in [-0.2, 0) is 11.3 Å². The van der Waals surface area contributed by atoms with E-state index in [2.05, 4.69) is 15.3 Å². The summed E-state index contributed by atoms with van der Waals surface area (Å²) < 4.78 is 1.86. The molecule has 0 saturated carbocycles. The second-order valence-electron chi connectivity index (χ2n) is 6.97. The maximum Gasteiger partial charge on any atom is 0.274 e. The number of hydrogen-bond donors (Lipinski definition) is 1. The monoisotopic (exact) mass is 378 g/mol. The van der Waals surface area contributed by atoms with Crippen LogP contribution in [0.25, 0.3) is 0 Å². The molecule has 2 amide bonds. The van der Waals surface area contributed by atoms with Gasteiger partial charge in [-0.25, -0.2) is 0 Å². The zero-order valence-corrected chi connectivity index (χ0v) is 15.9. The van der Waals surface area contributed by atoms with Crippen LogP contribution >= 0.6 is 0 Å². The fraction of sp³-hybridized carbons (Fsp3) is 0.300. The lowest BCUT2D eigenvalue weighted by Crippen LogP contribution is -2.52. The first kappa shape index (κ1) is 18.0. The highest BCUT2D eigenvalue weighted by atomic mass is 16.2. The van der Waals surface area contributed by atoms with Crippen molar-refractivity contribution in [2.75, 3.05) is 24.5 Å². The van der Waals surface area contributed by atoms with Gasteiger partial charge in [0.2, 0.25) is 5.91 Å². The number of nitrogens with zero attached hydrogens (tertiary/aromatic N) is 5. The van der Waals surface area contributed by atoms with Gasteiger partial charge in [-0.3, -0.25) is 19.4 Å². The number of nitrogens with one attached hydrogen (secondary N) is 1. The molecule has 0 atom stereocenters. The highest BCUT2D eigenvalue weighted by Gasteiger charge is 2.29. The number of piperazine rings is 1. The number of aromatic nitrogens is 4. The maximum absolute atomic E-state index is 12.8. The molecule has 4 rings (SSSR count). The van der Waals surface area contributed by atoms with E-state index in [4.69, 9.17) is 0 Å². The second-order valence-corrected chi connectivity index (χ2v) is 6.97. The first-order valence-corrected chi connectivity index (χ1v) is 9.21. The Morgan fingerprint density at radius 1 is 1.14 bits per heavy atom. The van der Waals surface area contributed by atoms with Gasteiger partial charge in [0.05, 0.1) is 17.9 Å². The normalized spacial score (nSPS) is 14.6. The zero-order chi connectivity index (χ0) is 19.7. The summed E-state index contributed by atoms with van der Waals surface area (Å²) in [6.07, 6.45) is 0. The minimum absolute atomic E-state index is 0.0490. The Bertz CT molecular complexity index is 1010. The molecule has 1 aliphatic rings. The molecule has 1 aliphatic heterocycles. The average molecular weight is 378 g/mol. The van der Waals surface area contributed by atoms with E-state index in [1.165, 1.54) is 0 Å².